The molecule has 0 atom stereocenters. The SMILES string of the molecule is C1=CC2(Oc3cnccc31)C1CC3CC(C1)CC2C3. The summed E-state index contributed by atoms with van der Waals surface area (Å²) in [5, 5.41) is 0. The number of aromatic nitrogens is 1. The first-order valence-electron chi connectivity index (χ1n) is 7.66. The van der Waals surface area contributed by atoms with E-state index in [2.05, 4.69) is 23.2 Å². The molecule has 0 amide bonds. The number of rotatable bonds is 0. The molecule has 19 heavy (non-hydrogen) atoms. The van der Waals surface area contributed by atoms with E-state index in [4.69, 9.17) is 4.74 Å². The van der Waals surface area contributed by atoms with Gasteiger partial charge in [-0.05, 0) is 56.1 Å². The predicted molar refractivity (Wildman–Crippen MR) is 73.7 cm³/mol. The van der Waals surface area contributed by atoms with Crippen LogP contribution >= 0.6 is 0 Å². The summed E-state index contributed by atoms with van der Waals surface area (Å²) in [4.78, 5) is 4.23. The van der Waals surface area contributed by atoms with Crippen LogP contribution in [0.3, 0.4) is 0 Å². The van der Waals surface area contributed by atoms with Crippen LogP contribution in [0.2, 0.25) is 0 Å². The predicted octanol–water partition coefficient (Wildman–Crippen LogP) is 3.68. The monoisotopic (exact) mass is 253 g/mol. The van der Waals surface area contributed by atoms with E-state index in [-0.39, 0.29) is 5.60 Å². The fraction of sp³-hybridized carbons (Fsp3) is 0.588. The lowest BCUT2D eigenvalue weighted by molar-refractivity contribution is -0.128. The second-order valence-electron chi connectivity index (χ2n) is 7.01. The van der Waals surface area contributed by atoms with Gasteiger partial charge >= 0.3 is 0 Å². The maximum atomic E-state index is 6.55. The Morgan fingerprint density at radius 3 is 2.53 bits per heavy atom. The van der Waals surface area contributed by atoms with Gasteiger partial charge in [0.2, 0.25) is 0 Å². The van der Waals surface area contributed by atoms with Crippen molar-refractivity contribution in [2.24, 2.45) is 23.7 Å². The van der Waals surface area contributed by atoms with Crippen molar-refractivity contribution in [3.05, 3.63) is 30.1 Å². The Bertz CT molecular complexity index is 534. The Morgan fingerprint density at radius 2 is 1.79 bits per heavy atom. The van der Waals surface area contributed by atoms with Crippen LogP contribution in [-0.2, 0) is 0 Å². The second-order valence-corrected chi connectivity index (χ2v) is 7.01. The summed E-state index contributed by atoms with van der Waals surface area (Å²) >= 11 is 0. The van der Waals surface area contributed by atoms with Crippen molar-refractivity contribution in [3.63, 3.8) is 0 Å². The molecule has 0 saturated heterocycles. The first-order valence-corrected chi connectivity index (χ1v) is 7.66. The van der Waals surface area contributed by atoms with Crippen LogP contribution in [0.4, 0.5) is 0 Å². The summed E-state index contributed by atoms with van der Waals surface area (Å²) < 4.78 is 6.55. The molecule has 1 aromatic rings. The fourth-order valence-electron chi connectivity index (χ4n) is 5.42. The average molecular weight is 253 g/mol. The highest BCUT2D eigenvalue weighted by Crippen LogP contribution is 2.60. The smallest absolute Gasteiger partial charge is 0.146 e. The van der Waals surface area contributed by atoms with E-state index in [0.717, 1.165) is 29.4 Å². The lowest BCUT2D eigenvalue weighted by Gasteiger charge is -2.60. The summed E-state index contributed by atoms with van der Waals surface area (Å²) in [7, 11) is 0. The normalized spacial score (nSPS) is 45.3. The molecular weight excluding hydrogens is 234 g/mol. The van der Waals surface area contributed by atoms with Crippen LogP contribution in [0.15, 0.2) is 24.5 Å². The van der Waals surface area contributed by atoms with Gasteiger partial charge in [-0.15, -0.1) is 0 Å². The number of pyridine rings is 1. The summed E-state index contributed by atoms with van der Waals surface area (Å²) in [6.07, 6.45) is 15.4. The average Bonchev–Trinajstić information content (AvgIpc) is 2.44. The molecule has 2 heterocycles. The second kappa shape index (κ2) is 3.41. The Kier molecular flexibility index (Phi) is 1.88. The van der Waals surface area contributed by atoms with Crippen molar-refractivity contribution in [1.29, 1.82) is 0 Å². The van der Waals surface area contributed by atoms with Crippen molar-refractivity contribution in [2.75, 3.05) is 0 Å². The molecular formula is C17H19NO. The topological polar surface area (TPSA) is 22.1 Å². The van der Waals surface area contributed by atoms with Crippen LogP contribution in [0.5, 0.6) is 5.75 Å². The van der Waals surface area contributed by atoms with Crippen molar-refractivity contribution in [3.8, 4) is 5.75 Å². The van der Waals surface area contributed by atoms with Gasteiger partial charge in [0.05, 0.1) is 6.20 Å². The quantitative estimate of drug-likeness (QED) is 0.703. The third kappa shape index (κ3) is 1.30. The molecule has 4 bridgehead atoms. The van der Waals surface area contributed by atoms with Gasteiger partial charge < -0.3 is 4.74 Å². The number of nitrogens with zero attached hydrogens (tertiary/aromatic N) is 1. The summed E-state index contributed by atoms with van der Waals surface area (Å²) in [5.41, 5.74) is 1.19. The molecule has 1 aliphatic heterocycles. The maximum absolute atomic E-state index is 6.55. The van der Waals surface area contributed by atoms with Gasteiger partial charge in [-0.25, -0.2) is 0 Å². The van der Waals surface area contributed by atoms with Crippen molar-refractivity contribution in [2.45, 2.75) is 37.7 Å². The number of hydrogen-bond donors (Lipinski definition) is 0. The van der Waals surface area contributed by atoms with Crippen molar-refractivity contribution in [1.82, 2.24) is 4.98 Å². The molecule has 4 fully saturated rings. The largest absolute Gasteiger partial charge is 0.480 e. The minimum absolute atomic E-state index is 0.00343. The molecule has 1 aromatic heterocycles. The van der Waals surface area contributed by atoms with Gasteiger partial charge in [-0.2, -0.15) is 0 Å². The Labute approximate surface area is 113 Å². The van der Waals surface area contributed by atoms with Gasteiger partial charge in [0.1, 0.15) is 11.4 Å². The molecule has 0 radical (unpaired) electrons. The minimum atomic E-state index is 0.00343. The van der Waals surface area contributed by atoms with E-state index in [1.807, 2.05) is 12.4 Å². The van der Waals surface area contributed by atoms with Crippen LogP contribution in [0.1, 0.15) is 37.7 Å². The zero-order chi connectivity index (χ0) is 12.4. The summed E-state index contributed by atoms with van der Waals surface area (Å²) in [5.74, 6) is 4.46. The first-order chi connectivity index (χ1) is 9.33. The third-order valence-electron chi connectivity index (χ3n) is 6.04. The van der Waals surface area contributed by atoms with Gasteiger partial charge in [0.25, 0.3) is 0 Å². The van der Waals surface area contributed by atoms with E-state index in [9.17, 15) is 0 Å². The molecule has 2 nitrogen and oxygen atoms in total. The number of fused-ring (bicyclic) bond motifs is 1. The van der Waals surface area contributed by atoms with E-state index in [1.54, 1.807) is 0 Å². The molecule has 1 spiro atoms. The molecule has 4 saturated carbocycles. The standard InChI is InChI=1S/C17H19NO/c1-3-17(19-16-10-18-4-2-13(1)16)14-6-11-5-12(8-14)9-15(17)7-11/h1-4,10-12,14-15H,5-9H2. The molecule has 98 valence electrons. The van der Waals surface area contributed by atoms with Crippen molar-refractivity contribution < 1.29 is 4.74 Å². The molecule has 6 rings (SSSR count). The zero-order valence-electron chi connectivity index (χ0n) is 11.1. The highest BCUT2D eigenvalue weighted by atomic mass is 16.5. The first kappa shape index (κ1) is 10.5. The fourth-order valence-corrected chi connectivity index (χ4v) is 5.42. The molecule has 0 aromatic carbocycles. The van der Waals surface area contributed by atoms with Gasteiger partial charge in [0, 0.05) is 23.6 Å². The van der Waals surface area contributed by atoms with Gasteiger partial charge in [0.15, 0.2) is 0 Å². The van der Waals surface area contributed by atoms with Gasteiger partial charge in [-0.3, -0.25) is 4.98 Å². The highest BCUT2D eigenvalue weighted by molar-refractivity contribution is 5.60. The van der Waals surface area contributed by atoms with Gasteiger partial charge in [-0.1, -0.05) is 6.08 Å². The van der Waals surface area contributed by atoms with E-state index < -0.39 is 0 Å². The lowest BCUT2D eigenvalue weighted by Crippen LogP contribution is -2.60. The number of ether oxygens (including phenoxy) is 1. The highest BCUT2D eigenvalue weighted by Gasteiger charge is 2.58. The molecule has 5 aliphatic rings. The van der Waals surface area contributed by atoms with Crippen molar-refractivity contribution >= 4 is 6.08 Å². The van der Waals surface area contributed by atoms with Crippen LogP contribution < -0.4 is 4.74 Å². The Balaban J connectivity index is 1.60. The van der Waals surface area contributed by atoms with E-state index in [1.165, 1.54) is 37.7 Å². The Morgan fingerprint density at radius 1 is 1.05 bits per heavy atom. The van der Waals surface area contributed by atoms with Crippen LogP contribution in [0, 0.1) is 23.7 Å². The molecule has 0 unspecified atom stereocenters. The van der Waals surface area contributed by atoms with Crippen LogP contribution in [-0.4, -0.2) is 10.6 Å². The molecule has 0 N–H and O–H groups in total. The Hall–Kier alpha value is -1.31. The molecule has 2 heteroatoms. The van der Waals surface area contributed by atoms with Crippen LogP contribution in [0.25, 0.3) is 6.08 Å². The lowest BCUT2D eigenvalue weighted by atomic mass is 9.49. The summed E-state index contributed by atoms with van der Waals surface area (Å²) in [6.45, 7) is 0. The summed E-state index contributed by atoms with van der Waals surface area (Å²) in [6, 6.07) is 2.05. The van der Waals surface area contributed by atoms with E-state index in [0.29, 0.717) is 0 Å². The zero-order valence-corrected chi connectivity index (χ0v) is 11.1. The number of hydrogen-bond acceptors (Lipinski definition) is 2. The minimum Gasteiger partial charge on any atom is -0.480 e. The van der Waals surface area contributed by atoms with E-state index >= 15 is 0 Å². The third-order valence-corrected chi connectivity index (χ3v) is 6.04. The molecule has 4 aliphatic carbocycles. The maximum Gasteiger partial charge on any atom is 0.146 e.